The Morgan fingerprint density at radius 2 is 2.27 bits per heavy atom. The highest BCUT2D eigenvalue weighted by Crippen LogP contribution is 2.15. The number of carbonyl (C=O) groups excluding carboxylic acids is 1. The van der Waals surface area contributed by atoms with Crippen LogP contribution in [0.3, 0.4) is 0 Å². The molecular formula is C17H25ClN6O2. The predicted octanol–water partition coefficient (Wildman–Crippen LogP) is 0.743. The minimum absolute atomic E-state index is 0. The van der Waals surface area contributed by atoms with Gasteiger partial charge in [-0.05, 0) is 25.7 Å². The molecule has 0 fully saturated rings. The summed E-state index contributed by atoms with van der Waals surface area (Å²) < 4.78 is 5.62. The van der Waals surface area contributed by atoms with Gasteiger partial charge in [-0.15, -0.1) is 12.4 Å². The van der Waals surface area contributed by atoms with E-state index in [0.717, 1.165) is 36.3 Å². The van der Waals surface area contributed by atoms with Crippen molar-refractivity contribution in [3.05, 3.63) is 40.8 Å². The molecule has 0 saturated heterocycles. The van der Waals surface area contributed by atoms with E-state index >= 15 is 0 Å². The van der Waals surface area contributed by atoms with E-state index in [1.165, 1.54) is 0 Å². The first-order valence-electron chi connectivity index (χ1n) is 8.41. The lowest BCUT2D eigenvalue weighted by atomic mass is 10.1. The summed E-state index contributed by atoms with van der Waals surface area (Å²) in [5.41, 5.74) is 3.42. The number of ether oxygens (including phenoxy) is 1. The predicted molar refractivity (Wildman–Crippen MR) is 101 cm³/mol. The lowest BCUT2D eigenvalue weighted by Crippen LogP contribution is -2.28. The van der Waals surface area contributed by atoms with E-state index in [1.807, 2.05) is 31.1 Å². The standard InChI is InChI=1S/C17H24N6O2.ClH/c1-23(2)7-8-25-15-9-12(3-6-19-15)10-20-17(24)16-13-11-18-5-4-14(13)21-22-16;/h3,6,9,18H,4-5,7-8,10-11H2,1-2H3,(H,20,24)(H,21,22);1H. The fourth-order valence-corrected chi connectivity index (χ4v) is 2.65. The van der Waals surface area contributed by atoms with E-state index in [-0.39, 0.29) is 18.3 Å². The number of aromatic nitrogens is 3. The molecule has 0 atom stereocenters. The average Bonchev–Trinajstić information content (AvgIpc) is 3.04. The number of fused-ring (bicyclic) bond motifs is 1. The molecule has 3 rings (SSSR count). The van der Waals surface area contributed by atoms with Gasteiger partial charge in [0.25, 0.3) is 5.91 Å². The lowest BCUT2D eigenvalue weighted by molar-refractivity contribution is 0.0944. The molecule has 2 aromatic heterocycles. The zero-order chi connectivity index (χ0) is 17.6. The van der Waals surface area contributed by atoms with Crippen LogP contribution in [0.1, 0.15) is 27.3 Å². The first-order chi connectivity index (χ1) is 12.1. The Labute approximate surface area is 159 Å². The fourth-order valence-electron chi connectivity index (χ4n) is 2.65. The van der Waals surface area contributed by atoms with Gasteiger partial charge >= 0.3 is 0 Å². The number of likely N-dealkylation sites (N-methyl/N-ethyl adjacent to an activating group) is 1. The first-order valence-corrected chi connectivity index (χ1v) is 8.41. The number of H-pyrrole nitrogens is 1. The minimum atomic E-state index is -0.173. The van der Waals surface area contributed by atoms with E-state index in [1.54, 1.807) is 6.20 Å². The third kappa shape index (κ3) is 5.17. The molecule has 0 radical (unpaired) electrons. The van der Waals surface area contributed by atoms with Crippen molar-refractivity contribution in [1.82, 2.24) is 30.7 Å². The Balaban J connectivity index is 0.00000243. The maximum atomic E-state index is 12.4. The summed E-state index contributed by atoms with van der Waals surface area (Å²) in [5.74, 6) is 0.392. The average molecular weight is 381 g/mol. The highest BCUT2D eigenvalue weighted by Gasteiger charge is 2.21. The number of nitrogens with zero attached hydrogens (tertiary/aromatic N) is 3. The molecule has 0 aromatic carbocycles. The van der Waals surface area contributed by atoms with Crippen molar-refractivity contribution in [1.29, 1.82) is 0 Å². The second kappa shape index (κ2) is 9.51. The number of pyridine rings is 1. The van der Waals surface area contributed by atoms with Crippen molar-refractivity contribution in [2.45, 2.75) is 19.5 Å². The van der Waals surface area contributed by atoms with Gasteiger partial charge in [0, 0.05) is 56.1 Å². The molecule has 1 amide bonds. The molecule has 0 saturated carbocycles. The molecule has 3 N–H and O–H groups in total. The van der Waals surface area contributed by atoms with Crippen molar-refractivity contribution >= 4 is 18.3 Å². The quantitative estimate of drug-likeness (QED) is 0.656. The maximum Gasteiger partial charge on any atom is 0.272 e. The van der Waals surface area contributed by atoms with Gasteiger partial charge in [0.2, 0.25) is 5.88 Å². The summed E-state index contributed by atoms with van der Waals surface area (Å²) in [5, 5.41) is 13.3. The molecule has 1 aliphatic rings. The van der Waals surface area contributed by atoms with Crippen LogP contribution in [-0.2, 0) is 19.5 Å². The van der Waals surface area contributed by atoms with Crippen molar-refractivity contribution in [3.8, 4) is 5.88 Å². The molecule has 8 nitrogen and oxygen atoms in total. The number of rotatable bonds is 7. The summed E-state index contributed by atoms with van der Waals surface area (Å²) in [6.45, 7) is 3.38. The summed E-state index contributed by atoms with van der Waals surface area (Å²) in [6.07, 6.45) is 2.56. The Kier molecular flexibility index (Phi) is 7.38. The molecule has 1 aliphatic heterocycles. The highest BCUT2D eigenvalue weighted by molar-refractivity contribution is 5.94. The summed E-state index contributed by atoms with van der Waals surface area (Å²) in [7, 11) is 3.98. The maximum absolute atomic E-state index is 12.4. The summed E-state index contributed by atoms with van der Waals surface area (Å²) in [4.78, 5) is 18.6. The molecule has 0 spiro atoms. The van der Waals surface area contributed by atoms with Crippen LogP contribution in [-0.4, -0.2) is 59.8 Å². The van der Waals surface area contributed by atoms with Gasteiger partial charge in [-0.2, -0.15) is 5.10 Å². The highest BCUT2D eigenvalue weighted by atomic mass is 35.5. The third-order valence-corrected chi connectivity index (χ3v) is 4.06. The number of amides is 1. The molecule has 3 heterocycles. The van der Waals surface area contributed by atoms with E-state index in [9.17, 15) is 4.79 Å². The van der Waals surface area contributed by atoms with Crippen LogP contribution < -0.4 is 15.4 Å². The number of hydrogen-bond acceptors (Lipinski definition) is 6. The SMILES string of the molecule is CN(C)CCOc1cc(CNC(=O)c2n[nH]c3c2CNCC3)ccn1.Cl. The van der Waals surface area contributed by atoms with Crippen LogP contribution in [0.2, 0.25) is 0 Å². The molecule has 0 bridgehead atoms. The Hall–Kier alpha value is -2.16. The van der Waals surface area contributed by atoms with E-state index in [0.29, 0.717) is 31.3 Å². The van der Waals surface area contributed by atoms with E-state index in [2.05, 4.69) is 25.8 Å². The lowest BCUT2D eigenvalue weighted by Gasteiger charge is -2.13. The molecule has 2 aromatic rings. The number of carbonyl (C=O) groups is 1. The van der Waals surface area contributed by atoms with Crippen LogP contribution in [0.25, 0.3) is 0 Å². The van der Waals surface area contributed by atoms with Crippen molar-refractivity contribution in [2.24, 2.45) is 0 Å². The zero-order valence-electron chi connectivity index (χ0n) is 15.0. The Bertz CT molecular complexity index is 734. The summed E-state index contributed by atoms with van der Waals surface area (Å²) >= 11 is 0. The number of hydrogen-bond donors (Lipinski definition) is 3. The molecule has 9 heteroatoms. The summed E-state index contributed by atoms with van der Waals surface area (Å²) in [6, 6.07) is 3.71. The van der Waals surface area contributed by atoms with Gasteiger partial charge in [0.1, 0.15) is 6.61 Å². The van der Waals surface area contributed by atoms with Crippen molar-refractivity contribution in [2.75, 3.05) is 33.8 Å². The second-order valence-corrected chi connectivity index (χ2v) is 6.29. The molecule has 0 aliphatic carbocycles. The third-order valence-electron chi connectivity index (χ3n) is 4.06. The molecule has 0 unspecified atom stereocenters. The molecular weight excluding hydrogens is 356 g/mol. The Morgan fingerprint density at radius 1 is 1.42 bits per heavy atom. The van der Waals surface area contributed by atoms with Gasteiger partial charge in [-0.1, -0.05) is 0 Å². The van der Waals surface area contributed by atoms with Gasteiger partial charge in [0.15, 0.2) is 5.69 Å². The zero-order valence-corrected chi connectivity index (χ0v) is 15.9. The van der Waals surface area contributed by atoms with Gasteiger partial charge < -0.3 is 20.3 Å². The monoisotopic (exact) mass is 380 g/mol. The van der Waals surface area contributed by atoms with E-state index in [4.69, 9.17) is 4.74 Å². The van der Waals surface area contributed by atoms with Gasteiger partial charge in [0.05, 0.1) is 0 Å². The first kappa shape index (κ1) is 20.2. The van der Waals surface area contributed by atoms with Crippen LogP contribution in [0.15, 0.2) is 18.3 Å². The van der Waals surface area contributed by atoms with Crippen LogP contribution in [0, 0.1) is 0 Å². The fraction of sp³-hybridized carbons (Fsp3) is 0.471. The Morgan fingerprint density at radius 3 is 3.08 bits per heavy atom. The van der Waals surface area contributed by atoms with E-state index < -0.39 is 0 Å². The number of nitrogens with one attached hydrogen (secondary N) is 3. The molecule has 142 valence electrons. The number of halogens is 1. The second-order valence-electron chi connectivity index (χ2n) is 6.29. The smallest absolute Gasteiger partial charge is 0.272 e. The van der Waals surface area contributed by atoms with Crippen LogP contribution in [0.5, 0.6) is 5.88 Å². The van der Waals surface area contributed by atoms with Crippen LogP contribution >= 0.6 is 12.4 Å². The minimum Gasteiger partial charge on any atom is -0.476 e. The van der Waals surface area contributed by atoms with Crippen molar-refractivity contribution < 1.29 is 9.53 Å². The normalized spacial score (nSPS) is 13.0. The van der Waals surface area contributed by atoms with Crippen LogP contribution in [0.4, 0.5) is 0 Å². The van der Waals surface area contributed by atoms with Gasteiger partial charge in [-0.3, -0.25) is 9.89 Å². The number of aromatic amines is 1. The van der Waals surface area contributed by atoms with Gasteiger partial charge in [-0.25, -0.2) is 4.98 Å². The van der Waals surface area contributed by atoms with Crippen molar-refractivity contribution in [3.63, 3.8) is 0 Å². The topological polar surface area (TPSA) is 95.2 Å². The molecule has 26 heavy (non-hydrogen) atoms. The largest absolute Gasteiger partial charge is 0.476 e.